The molecule has 146 valence electrons. The molecule has 5 nitrogen and oxygen atoms in total. The number of hydrogen-bond donors (Lipinski definition) is 0. The number of esters is 1. The van der Waals surface area contributed by atoms with E-state index in [1.807, 2.05) is 74.5 Å². The van der Waals surface area contributed by atoms with Crippen molar-refractivity contribution in [2.75, 3.05) is 0 Å². The summed E-state index contributed by atoms with van der Waals surface area (Å²) in [6.07, 6.45) is 0. The lowest BCUT2D eigenvalue weighted by Gasteiger charge is -2.56. The number of nitrogens with zero attached hydrogens (tertiary/aromatic N) is 1. The van der Waals surface area contributed by atoms with Crippen molar-refractivity contribution in [3.63, 3.8) is 0 Å². The highest BCUT2D eigenvalue weighted by atomic mass is 16.6. The van der Waals surface area contributed by atoms with Crippen LogP contribution in [0.5, 0.6) is 0 Å². The lowest BCUT2D eigenvalue weighted by Crippen LogP contribution is -2.73. The lowest BCUT2D eigenvalue weighted by molar-refractivity contribution is -0.193. The van der Waals surface area contributed by atoms with Crippen LogP contribution < -0.4 is 0 Å². The lowest BCUT2D eigenvalue weighted by atomic mass is 9.67. The largest absolute Gasteiger partial charge is 0.447 e. The van der Waals surface area contributed by atoms with Gasteiger partial charge in [0, 0.05) is 24.1 Å². The van der Waals surface area contributed by atoms with Gasteiger partial charge in [0.15, 0.2) is 5.60 Å². The van der Waals surface area contributed by atoms with Crippen molar-refractivity contribution in [2.45, 2.75) is 45.4 Å². The highest BCUT2D eigenvalue weighted by molar-refractivity contribution is 6.06. The first kappa shape index (κ1) is 19.8. The van der Waals surface area contributed by atoms with Gasteiger partial charge in [-0.3, -0.25) is 14.4 Å². The summed E-state index contributed by atoms with van der Waals surface area (Å²) in [6, 6.07) is 17.9. The zero-order valence-corrected chi connectivity index (χ0v) is 16.6. The maximum atomic E-state index is 12.8. The van der Waals surface area contributed by atoms with Gasteiger partial charge in [0.2, 0.25) is 5.91 Å². The van der Waals surface area contributed by atoms with E-state index in [1.54, 1.807) is 4.90 Å². The molecular weight excluding hydrogens is 354 g/mol. The Morgan fingerprint density at radius 3 is 1.75 bits per heavy atom. The molecule has 0 saturated carbocycles. The smallest absolute Gasteiger partial charge is 0.303 e. The fourth-order valence-electron chi connectivity index (χ4n) is 4.20. The molecule has 2 aromatic rings. The van der Waals surface area contributed by atoms with Crippen molar-refractivity contribution in [3.8, 4) is 0 Å². The molecule has 28 heavy (non-hydrogen) atoms. The Labute approximate surface area is 165 Å². The number of ether oxygens (including phenoxy) is 1. The van der Waals surface area contributed by atoms with Crippen LogP contribution in [0.4, 0.5) is 0 Å². The molecule has 5 heteroatoms. The zero-order chi connectivity index (χ0) is 20.5. The van der Waals surface area contributed by atoms with Gasteiger partial charge in [0.05, 0.1) is 6.04 Å². The van der Waals surface area contributed by atoms with Crippen LogP contribution >= 0.6 is 0 Å². The Bertz CT molecular complexity index is 836. The number of carbonyl (C=O) groups is 3. The normalized spacial score (nSPS) is 19.3. The van der Waals surface area contributed by atoms with E-state index in [-0.39, 0.29) is 17.7 Å². The number of rotatable bonds is 6. The predicted octanol–water partition coefficient (Wildman–Crippen LogP) is 3.32. The first-order chi connectivity index (χ1) is 13.3. The summed E-state index contributed by atoms with van der Waals surface area (Å²) >= 11 is 0. The highest BCUT2D eigenvalue weighted by Gasteiger charge is 2.63. The third-order valence-electron chi connectivity index (χ3n) is 5.26. The molecule has 3 rings (SSSR count). The number of carbonyl (C=O) groups excluding carboxylic acids is 3. The number of amides is 1. The fraction of sp³-hybridized carbons (Fsp3) is 0.348. The first-order valence-electron chi connectivity index (χ1n) is 9.44. The van der Waals surface area contributed by atoms with Crippen molar-refractivity contribution in [2.24, 2.45) is 5.92 Å². The van der Waals surface area contributed by atoms with E-state index in [0.29, 0.717) is 0 Å². The van der Waals surface area contributed by atoms with Gasteiger partial charge in [0.25, 0.3) is 0 Å². The van der Waals surface area contributed by atoms with Gasteiger partial charge < -0.3 is 9.64 Å². The SMILES string of the molecule is CC(=O)OC(c1ccccc1)(c1ccccc1)[C@@H]1[C@@H](C(C)=O)C(=O)N1C(C)C. The molecule has 0 bridgehead atoms. The van der Waals surface area contributed by atoms with Crippen LogP contribution in [0.15, 0.2) is 60.7 Å². The second-order valence-corrected chi connectivity index (χ2v) is 7.43. The van der Waals surface area contributed by atoms with Crippen LogP contribution in [0, 0.1) is 5.92 Å². The fourth-order valence-corrected chi connectivity index (χ4v) is 4.20. The molecule has 2 atom stereocenters. The number of likely N-dealkylation sites (tertiary alicyclic amines) is 1. The van der Waals surface area contributed by atoms with Gasteiger partial charge in [-0.1, -0.05) is 60.7 Å². The quantitative estimate of drug-likeness (QED) is 0.439. The standard InChI is InChI=1S/C23H25NO4/c1-15(2)24-21(20(16(3)25)22(24)27)23(28-17(4)26,18-11-7-5-8-12-18)19-13-9-6-10-14-19/h5-15,20-21H,1-4H3/t20-,21+/m1/s1. The van der Waals surface area contributed by atoms with Crippen molar-refractivity contribution < 1.29 is 19.1 Å². The third kappa shape index (κ3) is 3.11. The molecule has 1 aliphatic rings. The van der Waals surface area contributed by atoms with Crippen LogP contribution in [0.2, 0.25) is 0 Å². The molecule has 2 aromatic carbocycles. The van der Waals surface area contributed by atoms with Crippen LogP contribution in [0.3, 0.4) is 0 Å². The Morgan fingerprint density at radius 1 is 0.929 bits per heavy atom. The summed E-state index contributed by atoms with van der Waals surface area (Å²) in [4.78, 5) is 39.2. The molecule has 0 N–H and O–H groups in total. The number of Topliss-reactive ketones (excluding diaryl/α,β-unsaturated/α-hetero) is 1. The van der Waals surface area contributed by atoms with Gasteiger partial charge in [-0.15, -0.1) is 0 Å². The van der Waals surface area contributed by atoms with Crippen molar-refractivity contribution >= 4 is 17.7 Å². The second-order valence-electron chi connectivity index (χ2n) is 7.43. The van der Waals surface area contributed by atoms with Crippen LogP contribution in [0.1, 0.15) is 38.8 Å². The molecule has 1 amide bonds. The minimum absolute atomic E-state index is 0.143. The Kier molecular flexibility index (Phi) is 5.36. The van der Waals surface area contributed by atoms with E-state index in [1.165, 1.54) is 13.8 Å². The molecule has 0 radical (unpaired) electrons. The molecule has 0 aliphatic carbocycles. The second kappa shape index (κ2) is 7.58. The molecule has 0 aromatic heterocycles. The topological polar surface area (TPSA) is 63.7 Å². The minimum atomic E-state index is -1.27. The molecule has 1 heterocycles. The predicted molar refractivity (Wildman–Crippen MR) is 105 cm³/mol. The average Bonchev–Trinajstić information content (AvgIpc) is 2.65. The van der Waals surface area contributed by atoms with Crippen molar-refractivity contribution in [1.29, 1.82) is 0 Å². The number of β-lactam (4-membered cyclic amide) rings is 1. The maximum Gasteiger partial charge on any atom is 0.303 e. The van der Waals surface area contributed by atoms with Crippen molar-refractivity contribution in [3.05, 3.63) is 71.8 Å². The average molecular weight is 379 g/mol. The van der Waals surface area contributed by atoms with E-state index in [0.717, 1.165) is 11.1 Å². The van der Waals surface area contributed by atoms with Gasteiger partial charge >= 0.3 is 5.97 Å². The number of hydrogen-bond acceptors (Lipinski definition) is 4. The molecule has 0 spiro atoms. The van der Waals surface area contributed by atoms with Gasteiger partial charge in [-0.2, -0.15) is 0 Å². The minimum Gasteiger partial charge on any atom is -0.447 e. The Hall–Kier alpha value is -2.95. The van der Waals surface area contributed by atoms with Gasteiger partial charge in [-0.25, -0.2) is 0 Å². The van der Waals surface area contributed by atoms with E-state index in [2.05, 4.69) is 0 Å². The van der Waals surface area contributed by atoms with Crippen molar-refractivity contribution in [1.82, 2.24) is 4.90 Å². The van der Waals surface area contributed by atoms with E-state index >= 15 is 0 Å². The van der Waals surface area contributed by atoms with Crippen LogP contribution in [-0.2, 0) is 24.7 Å². The zero-order valence-electron chi connectivity index (χ0n) is 16.6. The Balaban J connectivity index is 2.32. The van der Waals surface area contributed by atoms with E-state index in [4.69, 9.17) is 4.74 Å². The number of benzene rings is 2. The van der Waals surface area contributed by atoms with E-state index < -0.39 is 23.5 Å². The molecular formula is C23H25NO4. The van der Waals surface area contributed by atoms with Gasteiger partial charge in [0.1, 0.15) is 11.7 Å². The Morgan fingerprint density at radius 2 is 1.39 bits per heavy atom. The molecule has 1 saturated heterocycles. The van der Waals surface area contributed by atoms with E-state index in [9.17, 15) is 14.4 Å². The van der Waals surface area contributed by atoms with Crippen LogP contribution in [-0.4, -0.2) is 34.6 Å². The monoisotopic (exact) mass is 379 g/mol. The maximum absolute atomic E-state index is 12.8. The first-order valence-corrected chi connectivity index (χ1v) is 9.44. The molecule has 1 fully saturated rings. The summed E-state index contributed by atoms with van der Waals surface area (Å²) in [7, 11) is 0. The van der Waals surface area contributed by atoms with Gasteiger partial charge in [-0.05, 0) is 20.8 Å². The summed E-state index contributed by atoms with van der Waals surface area (Å²) in [5.74, 6) is -1.79. The van der Waals surface area contributed by atoms with Crippen LogP contribution in [0.25, 0.3) is 0 Å². The summed E-state index contributed by atoms with van der Waals surface area (Å²) in [5, 5.41) is 0. The summed E-state index contributed by atoms with van der Waals surface area (Å²) in [6.45, 7) is 6.57. The summed E-state index contributed by atoms with van der Waals surface area (Å²) < 4.78 is 6.04. The molecule has 1 aliphatic heterocycles. The number of ketones is 1. The highest BCUT2D eigenvalue weighted by Crippen LogP contribution is 2.48. The molecule has 0 unspecified atom stereocenters. The summed E-state index contributed by atoms with van der Waals surface area (Å²) in [5.41, 5.74) is 0.180. The third-order valence-corrected chi connectivity index (χ3v) is 5.26.